The fraction of sp³-hybridized carbons (Fsp3) is 0.409. The lowest BCUT2D eigenvalue weighted by Gasteiger charge is -2.35. The number of nitrogens with two attached hydrogens (primary N) is 1. The van der Waals surface area contributed by atoms with Gasteiger partial charge in [-0.3, -0.25) is 4.79 Å². The number of thiophene rings is 1. The fourth-order valence-corrected chi connectivity index (χ4v) is 5.34. The molecular weight excluding hydrogens is 435 g/mol. The predicted octanol–water partition coefficient (Wildman–Crippen LogP) is 4.05. The number of nitrogens with one attached hydrogen (secondary N) is 1. The molecule has 0 atom stereocenters. The van der Waals surface area contributed by atoms with E-state index in [0.717, 1.165) is 25.7 Å². The van der Waals surface area contributed by atoms with Crippen LogP contribution in [-0.4, -0.2) is 41.0 Å². The van der Waals surface area contributed by atoms with Crippen molar-refractivity contribution < 1.29 is 23.4 Å². The minimum Gasteiger partial charge on any atom is -0.488 e. The molecule has 0 radical (unpaired) electrons. The molecule has 0 bridgehead atoms. The third-order valence-electron chi connectivity index (χ3n) is 5.95. The zero-order chi connectivity index (χ0) is 22.3. The molecule has 5 rings (SSSR count). The summed E-state index contributed by atoms with van der Waals surface area (Å²) in [5.74, 6) is -0.482. The standard InChI is InChI=1S/C22H23FN4O4S/c1-12-17-20(25-11-26-21(17)32-18(12)19(24)28)27-15-3-2-13(23)10-16(15)31-14-4-6-22(7-5-14)29-8-9-30-22/h2-3,10-11,14H,4-9H2,1H3,(H2,24,28)(H,25,26,27). The van der Waals surface area contributed by atoms with Gasteiger partial charge in [0.25, 0.3) is 5.91 Å². The number of fused-ring (bicyclic) bond motifs is 1. The van der Waals surface area contributed by atoms with Crippen molar-refractivity contribution >= 4 is 39.0 Å². The van der Waals surface area contributed by atoms with Gasteiger partial charge in [0.15, 0.2) is 5.79 Å². The second-order valence-electron chi connectivity index (χ2n) is 8.01. The van der Waals surface area contributed by atoms with E-state index in [4.69, 9.17) is 19.9 Å². The highest BCUT2D eigenvalue weighted by atomic mass is 32.1. The summed E-state index contributed by atoms with van der Waals surface area (Å²) < 4.78 is 31.8. The number of hydrogen-bond donors (Lipinski definition) is 2. The largest absolute Gasteiger partial charge is 0.488 e. The van der Waals surface area contributed by atoms with Crippen molar-refractivity contribution in [3.05, 3.63) is 40.8 Å². The zero-order valence-electron chi connectivity index (χ0n) is 17.5. The SMILES string of the molecule is Cc1c(C(N)=O)sc2ncnc(Nc3ccc(F)cc3OC3CCC4(CC3)OCCO4)c12. The van der Waals surface area contributed by atoms with Gasteiger partial charge in [-0.15, -0.1) is 11.3 Å². The first-order chi connectivity index (χ1) is 15.4. The van der Waals surface area contributed by atoms with E-state index < -0.39 is 17.5 Å². The number of carbonyl (C=O) groups excluding carboxylic acids is 1. The summed E-state index contributed by atoms with van der Waals surface area (Å²) in [5, 5.41) is 3.94. The Morgan fingerprint density at radius 2 is 2.03 bits per heavy atom. The van der Waals surface area contributed by atoms with Gasteiger partial charge in [-0.25, -0.2) is 14.4 Å². The van der Waals surface area contributed by atoms with Crippen LogP contribution in [0.25, 0.3) is 10.2 Å². The van der Waals surface area contributed by atoms with Gasteiger partial charge in [-0.05, 0) is 37.5 Å². The molecular formula is C22H23FN4O4S. The molecule has 3 heterocycles. The van der Waals surface area contributed by atoms with E-state index in [1.165, 1.54) is 29.8 Å². The van der Waals surface area contributed by atoms with Gasteiger partial charge in [0.1, 0.15) is 28.5 Å². The molecule has 32 heavy (non-hydrogen) atoms. The maximum absolute atomic E-state index is 14.1. The molecule has 1 aliphatic heterocycles. The van der Waals surface area contributed by atoms with Crippen LogP contribution in [0.5, 0.6) is 5.75 Å². The lowest BCUT2D eigenvalue weighted by molar-refractivity contribution is -0.185. The highest BCUT2D eigenvalue weighted by Crippen LogP contribution is 2.40. The maximum Gasteiger partial charge on any atom is 0.259 e. The van der Waals surface area contributed by atoms with Crippen molar-refractivity contribution in [3.63, 3.8) is 0 Å². The Balaban J connectivity index is 1.40. The number of nitrogens with zero attached hydrogens (tertiary/aromatic N) is 2. The molecule has 1 aromatic carbocycles. The number of aryl methyl sites for hydroxylation is 1. The van der Waals surface area contributed by atoms with Gasteiger partial charge in [0.2, 0.25) is 0 Å². The summed E-state index contributed by atoms with van der Waals surface area (Å²) >= 11 is 1.22. The van der Waals surface area contributed by atoms with Gasteiger partial charge < -0.3 is 25.3 Å². The van der Waals surface area contributed by atoms with Crippen LogP contribution in [0.3, 0.4) is 0 Å². The first-order valence-corrected chi connectivity index (χ1v) is 11.3. The van der Waals surface area contributed by atoms with Crippen molar-refractivity contribution in [2.45, 2.75) is 44.5 Å². The number of rotatable bonds is 5. The van der Waals surface area contributed by atoms with Crippen LogP contribution in [-0.2, 0) is 9.47 Å². The van der Waals surface area contributed by atoms with Crippen LogP contribution in [0.4, 0.5) is 15.9 Å². The molecule has 1 saturated heterocycles. The van der Waals surface area contributed by atoms with Crippen molar-refractivity contribution in [2.75, 3.05) is 18.5 Å². The van der Waals surface area contributed by atoms with Crippen LogP contribution in [0.2, 0.25) is 0 Å². The molecule has 2 aromatic heterocycles. The van der Waals surface area contributed by atoms with Gasteiger partial charge in [0, 0.05) is 18.9 Å². The molecule has 1 spiro atoms. The van der Waals surface area contributed by atoms with Crippen molar-refractivity contribution in [1.29, 1.82) is 0 Å². The number of halogens is 1. The Labute approximate surface area is 187 Å². The molecule has 1 aliphatic carbocycles. The fourth-order valence-electron chi connectivity index (χ4n) is 4.34. The van der Waals surface area contributed by atoms with E-state index in [2.05, 4.69) is 15.3 Å². The second kappa shape index (κ2) is 8.27. The van der Waals surface area contributed by atoms with E-state index in [1.54, 1.807) is 13.0 Å². The second-order valence-corrected chi connectivity index (χ2v) is 9.01. The normalized spacial score (nSPS) is 18.3. The van der Waals surface area contributed by atoms with Crippen molar-refractivity contribution in [1.82, 2.24) is 9.97 Å². The van der Waals surface area contributed by atoms with E-state index in [9.17, 15) is 9.18 Å². The van der Waals surface area contributed by atoms with Crippen LogP contribution in [0.15, 0.2) is 24.5 Å². The molecule has 168 valence electrons. The molecule has 3 N–H and O–H groups in total. The Morgan fingerprint density at radius 1 is 1.28 bits per heavy atom. The topological polar surface area (TPSA) is 109 Å². The number of primary amides is 1. The number of carbonyl (C=O) groups is 1. The highest BCUT2D eigenvalue weighted by Gasteiger charge is 2.41. The number of amides is 1. The van der Waals surface area contributed by atoms with Crippen LogP contribution in [0, 0.1) is 12.7 Å². The number of anilines is 2. The van der Waals surface area contributed by atoms with Gasteiger partial charge in [-0.2, -0.15) is 0 Å². The summed E-state index contributed by atoms with van der Waals surface area (Å²) in [6.07, 6.45) is 4.32. The first kappa shape index (κ1) is 21.0. The molecule has 2 fully saturated rings. The Kier molecular flexibility index (Phi) is 5.44. The molecule has 3 aromatic rings. The third kappa shape index (κ3) is 3.89. The van der Waals surface area contributed by atoms with Crippen LogP contribution < -0.4 is 15.8 Å². The highest BCUT2D eigenvalue weighted by molar-refractivity contribution is 7.20. The number of hydrogen-bond acceptors (Lipinski definition) is 8. The first-order valence-electron chi connectivity index (χ1n) is 10.5. The maximum atomic E-state index is 14.1. The third-order valence-corrected chi connectivity index (χ3v) is 7.16. The Hall–Kier alpha value is -2.82. The molecule has 1 amide bonds. The minimum absolute atomic E-state index is 0.0782. The van der Waals surface area contributed by atoms with Gasteiger partial charge in [0.05, 0.1) is 35.3 Å². The van der Waals surface area contributed by atoms with E-state index in [-0.39, 0.29) is 6.10 Å². The van der Waals surface area contributed by atoms with Crippen molar-refractivity contribution in [2.24, 2.45) is 5.73 Å². The minimum atomic E-state index is -0.507. The summed E-state index contributed by atoms with van der Waals surface area (Å²) in [5.41, 5.74) is 6.78. The van der Waals surface area contributed by atoms with E-state index >= 15 is 0 Å². The van der Waals surface area contributed by atoms with E-state index in [1.807, 2.05) is 0 Å². The van der Waals surface area contributed by atoms with Crippen LogP contribution in [0.1, 0.15) is 40.9 Å². The summed E-state index contributed by atoms with van der Waals surface area (Å²) in [6, 6.07) is 4.34. The number of benzene rings is 1. The van der Waals surface area contributed by atoms with Crippen molar-refractivity contribution in [3.8, 4) is 5.75 Å². The smallest absolute Gasteiger partial charge is 0.259 e. The summed E-state index contributed by atoms with van der Waals surface area (Å²) in [4.78, 5) is 21.4. The molecule has 10 heteroatoms. The molecule has 8 nitrogen and oxygen atoms in total. The summed E-state index contributed by atoms with van der Waals surface area (Å²) in [7, 11) is 0. The quantitative estimate of drug-likeness (QED) is 0.594. The Bertz CT molecular complexity index is 1170. The molecule has 2 aliphatic rings. The monoisotopic (exact) mass is 458 g/mol. The molecule has 1 saturated carbocycles. The summed E-state index contributed by atoms with van der Waals surface area (Å²) in [6.45, 7) is 3.05. The molecule has 0 unspecified atom stereocenters. The zero-order valence-corrected chi connectivity index (χ0v) is 18.3. The average Bonchev–Trinajstić information content (AvgIpc) is 3.37. The predicted molar refractivity (Wildman–Crippen MR) is 118 cm³/mol. The lowest BCUT2D eigenvalue weighted by atomic mass is 9.92. The van der Waals surface area contributed by atoms with Gasteiger partial charge >= 0.3 is 0 Å². The number of aromatic nitrogens is 2. The van der Waals surface area contributed by atoms with Gasteiger partial charge in [-0.1, -0.05) is 0 Å². The number of ether oxygens (including phenoxy) is 3. The average molecular weight is 459 g/mol. The van der Waals surface area contributed by atoms with Crippen LogP contribution >= 0.6 is 11.3 Å². The Morgan fingerprint density at radius 3 is 2.75 bits per heavy atom. The van der Waals surface area contributed by atoms with E-state index in [0.29, 0.717) is 51.1 Å². The lowest BCUT2D eigenvalue weighted by Crippen LogP contribution is -2.38.